The summed E-state index contributed by atoms with van der Waals surface area (Å²) in [6.45, 7) is 5.33. The zero-order chi connectivity index (χ0) is 11.5. The van der Waals surface area contributed by atoms with E-state index in [9.17, 15) is 4.79 Å². The molecule has 0 saturated carbocycles. The first-order valence-electron chi connectivity index (χ1n) is 5.66. The van der Waals surface area contributed by atoms with Crippen LogP contribution in [0.4, 0.5) is 0 Å². The van der Waals surface area contributed by atoms with Gasteiger partial charge in [0, 0.05) is 6.04 Å². The van der Waals surface area contributed by atoms with E-state index >= 15 is 0 Å². The topological polar surface area (TPSA) is 41.1 Å². The van der Waals surface area contributed by atoms with Crippen molar-refractivity contribution >= 4 is 17.7 Å². The molecule has 0 bridgehead atoms. The Hall–Kier alpha value is -0.220. The fraction of sp³-hybridized carbons (Fsp3) is 0.909. The Kier molecular flexibility index (Phi) is 10.2. The molecular weight excluding hydrogens is 208 g/mol. The van der Waals surface area contributed by atoms with Crippen molar-refractivity contribution in [2.24, 2.45) is 0 Å². The standard InChI is InChI=1S/C11H24N2OS/c1-10(2)13-11(14)9-12-7-5-4-6-8-15-3/h10,12H,4-9H2,1-3H3,(H,13,14). The molecule has 0 aliphatic rings. The van der Waals surface area contributed by atoms with Gasteiger partial charge in [0.15, 0.2) is 0 Å². The minimum atomic E-state index is 0.0918. The smallest absolute Gasteiger partial charge is 0.234 e. The van der Waals surface area contributed by atoms with Gasteiger partial charge in [0.05, 0.1) is 6.54 Å². The third-order valence-corrected chi connectivity index (χ3v) is 2.63. The van der Waals surface area contributed by atoms with Crippen LogP contribution in [0.25, 0.3) is 0 Å². The number of hydrogen-bond donors (Lipinski definition) is 2. The van der Waals surface area contributed by atoms with Crippen LogP contribution >= 0.6 is 11.8 Å². The van der Waals surface area contributed by atoms with E-state index in [1.165, 1.54) is 18.6 Å². The highest BCUT2D eigenvalue weighted by molar-refractivity contribution is 7.98. The predicted octanol–water partition coefficient (Wildman–Crippen LogP) is 1.63. The second kappa shape index (κ2) is 10.3. The molecule has 2 N–H and O–H groups in total. The summed E-state index contributed by atoms with van der Waals surface area (Å²) in [4.78, 5) is 11.2. The summed E-state index contributed by atoms with van der Waals surface area (Å²) >= 11 is 1.89. The zero-order valence-corrected chi connectivity index (χ0v) is 11.0. The van der Waals surface area contributed by atoms with Crippen molar-refractivity contribution in [2.45, 2.75) is 39.2 Å². The van der Waals surface area contributed by atoms with Gasteiger partial charge in [0.1, 0.15) is 0 Å². The van der Waals surface area contributed by atoms with Crippen molar-refractivity contribution in [1.82, 2.24) is 10.6 Å². The first-order valence-corrected chi connectivity index (χ1v) is 7.05. The van der Waals surface area contributed by atoms with Crippen LogP contribution in [0.2, 0.25) is 0 Å². The van der Waals surface area contributed by atoms with Gasteiger partial charge >= 0.3 is 0 Å². The van der Waals surface area contributed by atoms with E-state index in [-0.39, 0.29) is 11.9 Å². The Morgan fingerprint density at radius 1 is 1.27 bits per heavy atom. The molecule has 0 aromatic carbocycles. The van der Waals surface area contributed by atoms with E-state index in [2.05, 4.69) is 16.9 Å². The lowest BCUT2D eigenvalue weighted by molar-refractivity contribution is -0.120. The molecule has 4 heteroatoms. The van der Waals surface area contributed by atoms with Gasteiger partial charge in [0.25, 0.3) is 0 Å². The summed E-state index contributed by atoms with van der Waals surface area (Å²) in [6.07, 6.45) is 5.82. The fourth-order valence-corrected chi connectivity index (χ4v) is 1.74. The van der Waals surface area contributed by atoms with Gasteiger partial charge in [-0.3, -0.25) is 4.79 Å². The number of unbranched alkanes of at least 4 members (excludes halogenated alkanes) is 2. The van der Waals surface area contributed by atoms with Crippen LogP contribution in [0.5, 0.6) is 0 Å². The Morgan fingerprint density at radius 3 is 2.60 bits per heavy atom. The number of rotatable bonds is 9. The maximum atomic E-state index is 11.2. The van der Waals surface area contributed by atoms with Crippen molar-refractivity contribution in [1.29, 1.82) is 0 Å². The second-order valence-corrected chi connectivity index (χ2v) is 4.94. The summed E-state index contributed by atoms with van der Waals surface area (Å²) in [7, 11) is 0. The van der Waals surface area contributed by atoms with Gasteiger partial charge in [-0.05, 0) is 45.2 Å². The molecule has 0 aromatic rings. The monoisotopic (exact) mass is 232 g/mol. The summed E-state index contributed by atoms with van der Waals surface area (Å²) in [5, 5.41) is 6.00. The molecule has 0 spiro atoms. The highest BCUT2D eigenvalue weighted by Gasteiger charge is 2.01. The van der Waals surface area contributed by atoms with E-state index in [1.54, 1.807) is 0 Å². The SMILES string of the molecule is CSCCCCCNCC(=O)NC(C)C. The van der Waals surface area contributed by atoms with Gasteiger partial charge < -0.3 is 10.6 Å². The summed E-state index contributed by atoms with van der Waals surface area (Å²) < 4.78 is 0. The molecule has 0 atom stereocenters. The lowest BCUT2D eigenvalue weighted by Crippen LogP contribution is -2.37. The molecule has 0 fully saturated rings. The van der Waals surface area contributed by atoms with Crippen LogP contribution < -0.4 is 10.6 Å². The maximum Gasteiger partial charge on any atom is 0.234 e. The highest BCUT2D eigenvalue weighted by Crippen LogP contribution is 2.00. The molecule has 0 radical (unpaired) electrons. The molecule has 0 unspecified atom stereocenters. The van der Waals surface area contributed by atoms with Crippen molar-refractivity contribution < 1.29 is 4.79 Å². The lowest BCUT2D eigenvalue weighted by Gasteiger charge is -2.08. The number of carbonyl (C=O) groups is 1. The van der Waals surface area contributed by atoms with Crippen LogP contribution in [-0.2, 0) is 4.79 Å². The van der Waals surface area contributed by atoms with E-state index < -0.39 is 0 Å². The van der Waals surface area contributed by atoms with Gasteiger partial charge in [-0.2, -0.15) is 11.8 Å². The quantitative estimate of drug-likeness (QED) is 0.594. The average molecular weight is 232 g/mol. The van der Waals surface area contributed by atoms with Crippen LogP contribution in [0.3, 0.4) is 0 Å². The Morgan fingerprint density at radius 2 is 2.00 bits per heavy atom. The first kappa shape index (κ1) is 14.8. The van der Waals surface area contributed by atoms with E-state index in [1.807, 2.05) is 25.6 Å². The summed E-state index contributed by atoms with van der Waals surface area (Å²) in [5.41, 5.74) is 0. The molecule has 0 aromatic heterocycles. The molecule has 0 aliphatic heterocycles. The molecule has 3 nitrogen and oxygen atoms in total. The zero-order valence-electron chi connectivity index (χ0n) is 10.1. The maximum absolute atomic E-state index is 11.2. The third kappa shape index (κ3) is 11.7. The van der Waals surface area contributed by atoms with E-state index in [0.29, 0.717) is 6.54 Å². The van der Waals surface area contributed by atoms with Crippen LogP contribution in [0.1, 0.15) is 33.1 Å². The Labute approximate surface area is 97.8 Å². The van der Waals surface area contributed by atoms with Crippen LogP contribution in [-0.4, -0.2) is 37.0 Å². The van der Waals surface area contributed by atoms with Gasteiger partial charge in [-0.15, -0.1) is 0 Å². The van der Waals surface area contributed by atoms with Gasteiger partial charge in [-0.1, -0.05) is 6.42 Å². The Bertz CT molecular complexity index is 163. The molecule has 0 saturated heterocycles. The molecule has 90 valence electrons. The fourth-order valence-electron chi connectivity index (χ4n) is 1.25. The Balaban J connectivity index is 3.13. The lowest BCUT2D eigenvalue weighted by atomic mass is 10.2. The minimum Gasteiger partial charge on any atom is -0.353 e. The number of nitrogens with one attached hydrogen (secondary N) is 2. The van der Waals surface area contributed by atoms with Crippen LogP contribution in [0, 0.1) is 0 Å². The number of carbonyl (C=O) groups excluding carboxylic acids is 1. The van der Waals surface area contributed by atoms with Gasteiger partial charge in [-0.25, -0.2) is 0 Å². The molecule has 0 aliphatic carbocycles. The predicted molar refractivity (Wildman–Crippen MR) is 68.4 cm³/mol. The number of thioether (sulfide) groups is 1. The number of hydrogen-bond acceptors (Lipinski definition) is 3. The molecule has 0 heterocycles. The van der Waals surface area contributed by atoms with Gasteiger partial charge in [0.2, 0.25) is 5.91 Å². The molecule has 15 heavy (non-hydrogen) atoms. The molecule has 0 rings (SSSR count). The summed E-state index contributed by atoms with van der Waals surface area (Å²) in [6, 6.07) is 0.237. The van der Waals surface area contributed by atoms with Crippen molar-refractivity contribution in [3.8, 4) is 0 Å². The number of amides is 1. The van der Waals surface area contributed by atoms with Crippen LogP contribution in [0.15, 0.2) is 0 Å². The summed E-state index contributed by atoms with van der Waals surface area (Å²) in [5.74, 6) is 1.34. The third-order valence-electron chi connectivity index (χ3n) is 1.94. The highest BCUT2D eigenvalue weighted by atomic mass is 32.2. The minimum absolute atomic E-state index is 0.0918. The molecule has 1 amide bonds. The first-order chi connectivity index (χ1) is 7.16. The van der Waals surface area contributed by atoms with Crippen molar-refractivity contribution in [3.63, 3.8) is 0 Å². The van der Waals surface area contributed by atoms with Crippen molar-refractivity contribution in [2.75, 3.05) is 25.1 Å². The molecular formula is C11H24N2OS. The van der Waals surface area contributed by atoms with E-state index in [4.69, 9.17) is 0 Å². The second-order valence-electron chi connectivity index (χ2n) is 3.95. The van der Waals surface area contributed by atoms with E-state index in [0.717, 1.165) is 13.0 Å². The normalized spacial score (nSPS) is 10.7. The largest absolute Gasteiger partial charge is 0.353 e. The average Bonchev–Trinajstić information content (AvgIpc) is 2.15. The van der Waals surface area contributed by atoms with Crippen molar-refractivity contribution in [3.05, 3.63) is 0 Å².